The summed E-state index contributed by atoms with van der Waals surface area (Å²) >= 11 is -0.178. The summed E-state index contributed by atoms with van der Waals surface area (Å²) < 4.78 is 37.5. The number of halogens is 3. The molecule has 0 aliphatic heterocycles. The number of rotatable bonds is 6. The number of nitrogens with zero attached hydrogens (tertiary/aromatic N) is 2. The zero-order chi connectivity index (χ0) is 20.5. The van der Waals surface area contributed by atoms with Crippen LogP contribution in [0.5, 0.6) is 0 Å². The fraction of sp³-hybridized carbons (Fsp3) is 0.389. The second-order valence-electron chi connectivity index (χ2n) is 6.75. The van der Waals surface area contributed by atoms with Crippen LogP contribution in [0.4, 0.5) is 19.1 Å². The number of carbonyl (C=O) groups excluding carboxylic acids is 1. The van der Waals surface area contributed by atoms with E-state index in [1.54, 1.807) is 31.1 Å². The minimum absolute atomic E-state index is 0.0117. The van der Waals surface area contributed by atoms with Crippen molar-refractivity contribution in [3.63, 3.8) is 0 Å². The van der Waals surface area contributed by atoms with Gasteiger partial charge in [-0.15, -0.1) is 0 Å². The van der Waals surface area contributed by atoms with Gasteiger partial charge in [0.15, 0.2) is 0 Å². The molecule has 1 aliphatic rings. The number of hydrogen-bond donors (Lipinski definition) is 2. The fourth-order valence-electron chi connectivity index (χ4n) is 2.77. The van der Waals surface area contributed by atoms with Gasteiger partial charge in [0.25, 0.3) is 11.5 Å². The lowest BCUT2D eigenvalue weighted by Crippen LogP contribution is -2.32. The lowest BCUT2D eigenvalue weighted by atomic mass is 10.0. The molecule has 6 nitrogen and oxygen atoms in total. The number of aromatic amines is 1. The van der Waals surface area contributed by atoms with Gasteiger partial charge in [0.2, 0.25) is 5.95 Å². The fourth-order valence-corrected chi connectivity index (χ4v) is 3.31. The zero-order valence-electron chi connectivity index (χ0n) is 15.2. The van der Waals surface area contributed by atoms with Crippen molar-refractivity contribution in [2.24, 2.45) is 5.92 Å². The number of alkyl halides is 3. The van der Waals surface area contributed by atoms with Gasteiger partial charge >= 0.3 is 5.51 Å². The van der Waals surface area contributed by atoms with Crippen molar-refractivity contribution in [3.05, 3.63) is 51.9 Å². The maximum Gasteiger partial charge on any atom is 0.446 e. The topological polar surface area (TPSA) is 78.1 Å². The highest BCUT2D eigenvalue weighted by molar-refractivity contribution is 8.00. The van der Waals surface area contributed by atoms with E-state index >= 15 is 0 Å². The third-order valence-corrected chi connectivity index (χ3v) is 4.98. The summed E-state index contributed by atoms with van der Waals surface area (Å²) in [6.07, 6.45) is 1.82. The molecule has 1 atom stereocenters. The normalized spacial score (nSPS) is 15.2. The molecule has 0 spiro atoms. The minimum Gasteiger partial charge on any atom is -0.348 e. The van der Waals surface area contributed by atoms with Crippen molar-refractivity contribution in [1.29, 1.82) is 0 Å². The Labute approximate surface area is 163 Å². The van der Waals surface area contributed by atoms with Crippen molar-refractivity contribution >= 4 is 23.6 Å². The van der Waals surface area contributed by atoms with Crippen LogP contribution >= 0.6 is 11.8 Å². The van der Waals surface area contributed by atoms with Crippen molar-refractivity contribution in [2.45, 2.75) is 29.3 Å². The molecule has 0 unspecified atom stereocenters. The van der Waals surface area contributed by atoms with E-state index in [-0.39, 0.29) is 40.3 Å². The molecular weight excluding hydrogens is 393 g/mol. The molecule has 1 aromatic carbocycles. The number of H-pyrrole nitrogens is 1. The molecule has 1 fully saturated rings. The molecule has 1 aliphatic carbocycles. The number of thioether (sulfide) groups is 1. The summed E-state index contributed by atoms with van der Waals surface area (Å²) in [6.45, 7) is 0. The molecule has 2 N–H and O–H groups in total. The molecule has 150 valence electrons. The molecule has 28 heavy (non-hydrogen) atoms. The molecule has 1 heterocycles. The van der Waals surface area contributed by atoms with Crippen molar-refractivity contribution in [2.75, 3.05) is 19.0 Å². The van der Waals surface area contributed by atoms with E-state index in [9.17, 15) is 22.8 Å². The Balaban J connectivity index is 1.79. The second-order valence-corrected chi connectivity index (χ2v) is 7.89. The number of amides is 1. The molecule has 0 saturated heterocycles. The van der Waals surface area contributed by atoms with Gasteiger partial charge in [-0.25, -0.2) is 4.98 Å². The van der Waals surface area contributed by atoms with Crippen LogP contribution in [0.25, 0.3) is 0 Å². The largest absolute Gasteiger partial charge is 0.446 e. The van der Waals surface area contributed by atoms with Gasteiger partial charge in [-0.3, -0.25) is 14.6 Å². The SMILES string of the molecule is CN(C)c1nc(C(=O)N[C@@H](c2ccc(SC(F)(F)F)cc2)C2CC2)cc(=O)[nH]1. The van der Waals surface area contributed by atoms with E-state index in [1.807, 2.05) is 0 Å². The zero-order valence-corrected chi connectivity index (χ0v) is 16.0. The van der Waals surface area contributed by atoms with E-state index in [4.69, 9.17) is 0 Å². The molecule has 2 aromatic rings. The van der Waals surface area contributed by atoms with E-state index in [1.165, 1.54) is 12.1 Å². The maximum absolute atomic E-state index is 12.6. The van der Waals surface area contributed by atoms with Gasteiger partial charge in [-0.2, -0.15) is 13.2 Å². The smallest absolute Gasteiger partial charge is 0.348 e. The van der Waals surface area contributed by atoms with Crippen LogP contribution in [0.1, 0.15) is 34.9 Å². The molecule has 3 rings (SSSR count). The summed E-state index contributed by atoms with van der Waals surface area (Å²) in [7, 11) is 3.38. The quantitative estimate of drug-likeness (QED) is 0.712. The number of nitrogens with one attached hydrogen (secondary N) is 2. The van der Waals surface area contributed by atoms with Gasteiger partial charge in [-0.05, 0) is 48.2 Å². The van der Waals surface area contributed by atoms with Crippen molar-refractivity contribution < 1.29 is 18.0 Å². The highest BCUT2D eigenvalue weighted by Gasteiger charge is 2.34. The summed E-state index contributed by atoms with van der Waals surface area (Å²) in [6, 6.07) is 6.74. The van der Waals surface area contributed by atoms with Crippen LogP contribution in [0.2, 0.25) is 0 Å². The van der Waals surface area contributed by atoms with Gasteiger partial charge in [0, 0.05) is 25.1 Å². The Bertz CT molecular complexity index is 908. The molecule has 1 saturated carbocycles. The summed E-state index contributed by atoms with van der Waals surface area (Å²) in [5, 5.41) is 2.87. The van der Waals surface area contributed by atoms with Crippen LogP contribution in [-0.4, -0.2) is 35.5 Å². The number of benzene rings is 1. The van der Waals surface area contributed by atoms with Crippen LogP contribution in [0.3, 0.4) is 0 Å². The van der Waals surface area contributed by atoms with Crippen LogP contribution < -0.4 is 15.8 Å². The Morgan fingerprint density at radius 1 is 1.29 bits per heavy atom. The highest BCUT2D eigenvalue weighted by atomic mass is 32.2. The first-order valence-corrected chi connectivity index (χ1v) is 9.39. The Kier molecular flexibility index (Phi) is 5.69. The Hall–Kier alpha value is -2.49. The Morgan fingerprint density at radius 3 is 2.46 bits per heavy atom. The van der Waals surface area contributed by atoms with E-state index < -0.39 is 17.0 Å². The predicted octanol–water partition coefficient (Wildman–Crippen LogP) is 3.33. The van der Waals surface area contributed by atoms with Gasteiger partial charge in [0.05, 0.1) is 6.04 Å². The first-order chi connectivity index (χ1) is 13.1. The first-order valence-electron chi connectivity index (χ1n) is 8.57. The van der Waals surface area contributed by atoms with Crippen molar-refractivity contribution in [3.8, 4) is 0 Å². The molecule has 0 bridgehead atoms. The predicted molar refractivity (Wildman–Crippen MR) is 100 cm³/mol. The lowest BCUT2D eigenvalue weighted by molar-refractivity contribution is -0.0328. The van der Waals surface area contributed by atoms with Crippen LogP contribution in [0.15, 0.2) is 40.0 Å². The number of hydrogen-bond acceptors (Lipinski definition) is 5. The van der Waals surface area contributed by atoms with Gasteiger partial charge < -0.3 is 10.2 Å². The average molecular weight is 412 g/mol. The third kappa shape index (κ3) is 5.28. The van der Waals surface area contributed by atoms with Crippen LogP contribution in [0, 0.1) is 5.92 Å². The number of carbonyl (C=O) groups is 1. The van der Waals surface area contributed by atoms with Crippen LogP contribution in [-0.2, 0) is 0 Å². The number of aromatic nitrogens is 2. The molecular formula is C18H19F3N4O2S. The molecule has 0 radical (unpaired) electrons. The number of anilines is 1. The van der Waals surface area contributed by atoms with E-state index in [0.29, 0.717) is 0 Å². The first kappa shape index (κ1) is 20.2. The standard InChI is InChI=1S/C18H19F3N4O2S/c1-25(2)17-22-13(9-14(26)23-17)16(27)24-15(10-3-4-10)11-5-7-12(8-6-11)28-18(19,20)21/h5-10,15H,3-4H2,1-2H3,(H,24,27)(H,22,23,26)/t15-/m1/s1. The van der Waals surface area contributed by atoms with Gasteiger partial charge in [0.1, 0.15) is 5.69 Å². The summed E-state index contributed by atoms with van der Waals surface area (Å²) in [4.78, 5) is 32.8. The minimum atomic E-state index is -4.35. The molecule has 1 aromatic heterocycles. The van der Waals surface area contributed by atoms with Gasteiger partial charge in [-0.1, -0.05) is 12.1 Å². The van der Waals surface area contributed by atoms with Crippen molar-refractivity contribution in [1.82, 2.24) is 15.3 Å². The highest BCUT2D eigenvalue weighted by Crippen LogP contribution is 2.42. The lowest BCUT2D eigenvalue weighted by Gasteiger charge is -2.19. The second kappa shape index (κ2) is 7.86. The third-order valence-electron chi connectivity index (χ3n) is 4.24. The maximum atomic E-state index is 12.6. The Morgan fingerprint density at radius 2 is 1.93 bits per heavy atom. The van der Waals surface area contributed by atoms with E-state index in [0.717, 1.165) is 24.5 Å². The monoisotopic (exact) mass is 412 g/mol. The molecule has 1 amide bonds. The average Bonchev–Trinajstić information content (AvgIpc) is 3.43. The molecule has 10 heteroatoms. The van der Waals surface area contributed by atoms with E-state index in [2.05, 4.69) is 15.3 Å². The summed E-state index contributed by atoms with van der Waals surface area (Å²) in [5.41, 5.74) is -4.08. The summed E-state index contributed by atoms with van der Waals surface area (Å²) in [5.74, 6) is -0.0330.